The second-order valence-electron chi connectivity index (χ2n) is 9.37. The van der Waals surface area contributed by atoms with Crippen molar-refractivity contribution in [3.8, 4) is 0 Å². The van der Waals surface area contributed by atoms with Crippen LogP contribution in [-0.4, -0.2) is 37.4 Å². The van der Waals surface area contributed by atoms with Gasteiger partial charge in [0.2, 0.25) is 0 Å². The first-order valence-electron chi connectivity index (χ1n) is 11.4. The molecule has 7 nitrogen and oxygen atoms in total. The summed E-state index contributed by atoms with van der Waals surface area (Å²) in [5, 5.41) is 2.15. The number of benzene rings is 2. The number of ether oxygens (including phenoxy) is 2. The van der Waals surface area contributed by atoms with Crippen molar-refractivity contribution in [1.82, 2.24) is 9.55 Å². The van der Waals surface area contributed by atoms with Crippen LogP contribution in [0.4, 0.5) is 0 Å². The quantitative estimate of drug-likeness (QED) is 0.451. The van der Waals surface area contributed by atoms with Crippen LogP contribution in [0.15, 0.2) is 81.4 Å². The number of rotatable bonds is 7. The number of aromatic amines is 1. The van der Waals surface area contributed by atoms with Gasteiger partial charge in [0.1, 0.15) is 0 Å². The van der Waals surface area contributed by atoms with Crippen molar-refractivity contribution in [1.29, 1.82) is 0 Å². The summed E-state index contributed by atoms with van der Waals surface area (Å²) in [4.78, 5) is 28.3. The van der Waals surface area contributed by atoms with Gasteiger partial charge in [0.05, 0.1) is 18.8 Å². The minimum absolute atomic E-state index is 0.165. The minimum atomic E-state index is -2.75. The Labute approximate surface area is 213 Å². The lowest BCUT2D eigenvalue weighted by molar-refractivity contribution is -0.0956. The third-order valence-electron chi connectivity index (χ3n) is 6.13. The van der Waals surface area contributed by atoms with E-state index in [1.54, 1.807) is 11.1 Å². The first kappa shape index (κ1) is 25.5. The van der Waals surface area contributed by atoms with Gasteiger partial charge >= 0.3 is 5.69 Å². The summed E-state index contributed by atoms with van der Waals surface area (Å²) in [5.41, 5.74) is -0.687. The lowest BCUT2D eigenvalue weighted by Crippen LogP contribution is -2.67. The van der Waals surface area contributed by atoms with E-state index in [1.807, 2.05) is 36.4 Å². The smallest absolute Gasteiger partial charge is 0.330 e. The zero-order valence-electron chi connectivity index (χ0n) is 19.9. The molecule has 1 fully saturated rings. The third-order valence-corrected chi connectivity index (χ3v) is 11.4. The molecule has 1 aliphatic heterocycles. The summed E-state index contributed by atoms with van der Waals surface area (Å²) >= 11 is 3.16. The van der Waals surface area contributed by atoms with Crippen molar-refractivity contribution in [3.05, 3.63) is 98.2 Å². The Morgan fingerprint density at radius 2 is 1.69 bits per heavy atom. The molecule has 0 spiro atoms. The average Bonchev–Trinajstić information content (AvgIpc) is 3.30. The van der Waals surface area contributed by atoms with Gasteiger partial charge in [-0.2, -0.15) is 0 Å². The standard InChI is InChI=1S/C26H29BrN2O5Si/c1-26(2,3)35(20-10-6-4-7-11-20,21-12-8-5-9-13-21)33-18-23-32-17-22(34-23)29-16-19(14-15-27)24(30)28-25(29)31/h4-16,22-23H,17-18H2,1-3H3,(H,28,30,31)/b15-14+/t22-,23+/m0/s1. The fourth-order valence-corrected chi connectivity index (χ4v) is 9.36. The van der Waals surface area contributed by atoms with Crippen LogP contribution in [0, 0.1) is 0 Å². The Morgan fingerprint density at radius 3 is 2.23 bits per heavy atom. The molecule has 1 saturated heterocycles. The molecule has 3 aromatic rings. The molecule has 1 aromatic heterocycles. The van der Waals surface area contributed by atoms with Gasteiger partial charge in [-0.25, -0.2) is 4.79 Å². The highest BCUT2D eigenvalue weighted by atomic mass is 79.9. The Kier molecular flexibility index (Phi) is 7.73. The van der Waals surface area contributed by atoms with Gasteiger partial charge in [-0.05, 0) is 26.5 Å². The molecular weight excluding hydrogens is 528 g/mol. The summed E-state index contributed by atoms with van der Waals surface area (Å²) in [7, 11) is -2.75. The number of aromatic nitrogens is 2. The molecule has 2 atom stereocenters. The number of nitrogens with zero attached hydrogens (tertiary/aromatic N) is 1. The van der Waals surface area contributed by atoms with Crippen molar-refractivity contribution < 1.29 is 13.9 Å². The highest BCUT2D eigenvalue weighted by Gasteiger charge is 2.50. The zero-order valence-corrected chi connectivity index (χ0v) is 22.5. The Bertz CT molecular complexity index is 1250. The summed E-state index contributed by atoms with van der Waals surface area (Å²) in [5.74, 6) is 0. The predicted octanol–water partition coefficient (Wildman–Crippen LogP) is 3.35. The van der Waals surface area contributed by atoms with Crippen LogP contribution < -0.4 is 21.6 Å². The fraction of sp³-hybridized carbons (Fsp3) is 0.308. The molecule has 4 rings (SSSR count). The monoisotopic (exact) mass is 556 g/mol. The maximum atomic E-state index is 12.4. The fourth-order valence-electron chi connectivity index (χ4n) is 4.53. The van der Waals surface area contributed by atoms with Crippen LogP contribution in [0.2, 0.25) is 5.04 Å². The predicted molar refractivity (Wildman–Crippen MR) is 143 cm³/mol. The van der Waals surface area contributed by atoms with Gasteiger partial charge in [-0.1, -0.05) is 97.4 Å². The number of halogens is 1. The molecule has 184 valence electrons. The summed E-state index contributed by atoms with van der Waals surface area (Å²) in [6.07, 6.45) is 1.71. The van der Waals surface area contributed by atoms with Crippen molar-refractivity contribution in [2.45, 2.75) is 38.3 Å². The number of hydrogen-bond acceptors (Lipinski definition) is 5. The third kappa shape index (κ3) is 5.19. The second kappa shape index (κ2) is 10.6. The maximum absolute atomic E-state index is 12.4. The molecule has 0 aliphatic carbocycles. The number of hydrogen-bond donors (Lipinski definition) is 1. The molecule has 0 bridgehead atoms. The lowest BCUT2D eigenvalue weighted by atomic mass is 10.2. The van der Waals surface area contributed by atoms with E-state index >= 15 is 0 Å². The largest absolute Gasteiger partial charge is 0.402 e. The van der Waals surface area contributed by atoms with Gasteiger partial charge in [0.15, 0.2) is 12.5 Å². The highest BCUT2D eigenvalue weighted by Crippen LogP contribution is 2.37. The van der Waals surface area contributed by atoms with Crippen LogP contribution in [0.1, 0.15) is 32.6 Å². The van der Waals surface area contributed by atoms with E-state index in [4.69, 9.17) is 13.9 Å². The SMILES string of the molecule is CC(C)(C)[Si](OC[C@@H]1OC[C@@H](n2cc(/C=C/Br)c(=O)[nH]c2=O)O1)(c1ccccc1)c1ccccc1. The molecule has 0 amide bonds. The van der Waals surface area contributed by atoms with Crippen molar-refractivity contribution in [2.24, 2.45) is 0 Å². The van der Waals surface area contributed by atoms with Gasteiger partial charge in [-0.15, -0.1) is 0 Å². The van der Waals surface area contributed by atoms with Crippen LogP contribution in [0.25, 0.3) is 6.08 Å². The van der Waals surface area contributed by atoms with Crippen LogP contribution in [0.3, 0.4) is 0 Å². The van der Waals surface area contributed by atoms with Crippen LogP contribution >= 0.6 is 15.9 Å². The van der Waals surface area contributed by atoms with E-state index in [2.05, 4.69) is 66.0 Å². The van der Waals surface area contributed by atoms with Crippen molar-refractivity contribution >= 4 is 40.7 Å². The van der Waals surface area contributed by atoms with Gasteiger partial charge in [-0.3, -0.25) is 14.3 Å². The van der Waals surface area contributed by atoms with Crippen LogP contribution in [0.5, 0.6) is 0 Å². The number of nitrogens with one attached hydrogen (secondary N) is 1. The number of H-pyrrole nitrogens is 1. The highest BCUT2D eigenvalue weighted by molar-refractivity contribution is 9.11. The summed E-state index contributed by atoms with van der Waals surface area (Å²) in [6.45, 7) is 6.99. The lowest BCUT2D eigenvalue weighted by Gasteiger charge is -2.43. The second-order valence-corrected chi connectivity index (χ2v) is 14.2. The van der Waals surface area contributed by atoms with E-state index in [-0.39, 0.29) is 18.3 Å². The molecule has 1 aliphatic rings. The molecular formula is C26H29BrN2O5Si. The van der Waals surface area contributed by atoms with E-state index in [1.165, 1.54) is 10.8 Å². The van der Waals surface area contributed by atoms with Gasteiger partial charge in [0.25, 0.3) is 13.9 Å². The first-order valence-corrected chi connectivity index (χ1v) is 14.2. The normalized spacial score (nSPS) is 18.9. The van der Waals surface area contributed by atoms with E-state index < -0.39 is 32.1 Å². The van der Waals surface area contributed by atoms with Gasteiger partial charge < -0.3 is 13.9 Å². The Morgan fingerprint density at radius 1 is 1.09 bits per heavy atom. The van der Waals surface area contributed by atoms with Crippen molar-refractivity contribution in [3.63, 3.8) is 0 Å². The van der Waals surface area contributed by atoms with Crippen LogP contribution in [-0.2, 0) is 13.9 Å². The van der Waals surface area contributed by atoms with E-state index in [0.29, 0.717) is 5.56 Å². The summed E-state index contributed by atoms with van der Waals surface area (Å²) in [6, 6.07) is 20.7. The average molecular weight is 558 g/mol. The summed E-state index contributed by atoms with van der Waals surface area (Å²) < 4.78 is 20.2. The Hall–Kier alpha value is -2.56. The molecule has 9 heteroatoms. The van der Waals surface area contributed by atoms with E-state index in [0.717, 1.165) is 10.4 Å². The van der Waals surface area contributed by atoms with E-state index in [9.17, 15) is 9.59 Å². The Balaban J connectivity index is 1.61. The topological polar surface area (TPSA) is 82.5 Å². The molecule has 2 heterocycles. The zero-order chi connectivity index (χ0) is 25.1. The molecule has 0 saturated carbocycles. The molecule has 35 heavy (non-hydrogen) atoms. The molecule has 0 unspecified atom stereocenters. The first-order chi connectivity index (χ1) is 16.8. The molecule has 2 aromatic carbocycles. The molecule has 0 radical (unpaired) electrons. The van der Waals surface area contributed by atoms with Crippen molar-refractivity contribution in [2.75, 3.05) is 13.2 Å². The maximum Gasteiger partial charge on any atom is 0.330 e. The van der Waals surface area contributed by atoms with Gasteiger partial charge in [0, 0.05) is 6.20 Å². The minimum Gasteiger partial charge on any atom is -0.402 e. The molecule has 1 N–H and O–H groups in total.